The van der Waals surface area contributed by atoms with E-state index in [2.05, 4.69) is 46.9 Å². The molecule has 0 saturated carbocycles. The van der Waals surface area contributed by atoms with Gasteiger partial charge in [0.15, 0.2) is 10.9 Å². The van der Waals surface area contributed by atoms with Crippen molar-refractivity contribution in [3.63, 3.8) is 0 Å². The van der Waals surface area contributed by atoms with Gasteiger partial charge in [-0.2, -0.15) is 5.10 Å². The molecule has 128 valence electrons. The fourth-order valence-electron chi connectivity index (χ4n) is 2.49. The number of ether oxygens (including phenoxy) is 1. The van der Waals surface area contributed by atoms with E-state index in [9.17, 15) is 0 Å². The number of nitrogens with zero attached hydrogens (tertiary/aromatic N) is 2. The fraction of sp³-hybridized carbons (Fsp3) is 0.158. The van der Waals surface area contributed by atoms with Crippen LogP contribution in [0.1, 0.15) is 11.1 Å². The third-order valence-corrected chi connectivity index (χ3v) is 3.84. The van der Waals surface area contributed by atoms with E-state index < -0.39 is 0 Å². The van der Waals surface area contributed by atoms with Crippen LogP contribution >= 0.6 is 12.2 Å². The molecule has 0 radical (unpaired) electrons. The molecule has 0 amide bonds. The van der Waals surface area contributed by atoms with Gasteiger partial charge in [0.2, 0.25) is 0 Å². The molecule has 0 fully saturated rings. The normalized spacial score (nSPS) is 10.3. The minimum absolute atomic E-state index is 0.481. The van der Waals surface area contributed by atoms with Crippen molar-refractivity contribution < 1.29 is 4.74 Å². The maximum atomic E-state index is 5.34. The van der Waals surface area contributed by atoms with Crippen molar-refractivity contribution >= 4 is 28.8 Å². The van der Waals surface area contributed by atoms with Crippen LogP contribution in [0.4, 0.5) is 11.5 Å². The smallest absolute Gasteiger partial charge is 0.176 e. The van der Waals surface area contributed by atoms with Crippen LogP contribution in [0.2, 0.25) is 0 Å². The van der Waals surface area contributed by atoms with Gasteiger partial charge >= 0.3 is 0 Å². The van der Waals surface area contributed by atoms with Crippen LogP contribution in [0.5, 0.6) is 5.75 Å². The molecule has 0 spiro atoms. The number of aryl methyl sites for hydroxylation is 1. The number of benzene rings is 2. The van der Waals surface area contributed by atoms with Gasteiger partial charge in [-0.15, -0.1) is 0 Å². The topological polar surface area (TPSA) is 51.1 Å². The zero-order valence-corrected chi connectivity index (χ0v) is 15.0. The van der Waals surface area contributed by atoms with E-state index in [0.29, 0.717) is 10.9 Å². The molecule has 3 aromatic rings. The second-order valence-electron chi connectivity index (χ2n) is 5.70. The third-order valence-electron chi connectivity index (χ3n) is 3.64. The molecule has 25 heavy (non-hydrogen) atoms. The maximum Gasteiger partial charge on any atom is 0.176 e. The number of rotatable bonds is 5. The number of methoxy groups -OCH3 is 1. The van der Waals surface area contributed by atoms with Gasteiger partial charge in [0.05, 0.1) is 13.7 Å². The summed E-state index contributed by atoms with van der Waals surface area (Å²) in [7, 11) is 1.64. The quantitative estimate of drug-likeness (QED) is 0.678. The molecule has 1 aromatic heterocycles. The Kier molecular flexibility index (Phi) is 5.30. The summed E-state index contributed by atoms with van der Waals surface area (Å²) >= 11 is 5.34. The third kappa shape index (κ3) is 4.81. The van der Waals surface area contributed by atoms with Crippen LogP contribution in [0.25, 0.3) is 0 Å². The average Bonchev–Trinajstić information content (AvgIpc) is 3.01. The first-order chi connectivity index (χ1) is 12.1. The molecule has 0 aliphatic rings. The molecule has 0 bridgehead atoms. The van der Waals surface area contributed by atoms with E-state index in [0.717, 1.165) is 18.0 Å². The first-order valence-electron chi connectivity index (χ1n) is 7.93. The van der Waals surface area contributed by atoms with E-state index in [1.807, 2.05) is 41.2 Å². The molecule has 5 nitrogen and oxygen atoms in total. The van der Waals surface area contributed by atoms with Gasteiger partial charge in [-0.25, -0.2) is 0 Å². The predicted molar refractivity (Wildman–Crippen MR) is 105 cm³/mol. The van der Waals surface area contributed by atoms with Gasteiger partial charge in [0.1, 0.15) is 5.75 Å². The molecule has 0 aliphatic carbocycles. The van der Waals surface area contributed by atoms with E-state index in [4.69, 9.17) is 17.0 Å². The van der Waals surface area contributed by atoms with E-state index in [1.165, 1.54) is 11.1 Å². The number of aromatic nitrogens is 2. The molecule has 1 heterocycles. The van der Waals surface area contributed by atoms with Gasteiger partial charge in [0.25, 0.3) is 0 Å². The average molecular weight is 352 g/mol. The van der Waals surface area contributed by atoms with Gasteiger partial charge in [0, 0.05) is 24.0 Å². The first-order valence-corrected chi connectivity index (χ1v) is 8.34. The molecule has 0 unspecified atom stereocenters. The standard InChI is InChI=1S/C19H20N4OS/c1-14-5-3-6-15(11-14)13-23-10-9-18(22-23)21-19(25)20-16-7-4-8-17(12-16)24-2/h3-12H,13H2,1-2H3,(H2,20,21,22,25). The van der Waals surface area contributed by atoms with Crippen molar-refractivity contribution in [1.29, 1.82) is 0 Å². The van der Waals surface area contributed by atoms with E-state index in [-0.39, 0.29) is 0 Å². The van der Waals surface area contributed by atoms with Crippen LogP contribution in [0, 0.1) is 6.92 Å². The van der Waals surface area contributed by atoms with E-state index >= 15 is 0 Å². The summed E-state index contributed by atoms with van der Waals surface area (Å²) in [5.41, 5.74) is 3.31. The van der Waals surface area contributed by atoms with Crippen LogP contribution in [0.15, 0.2) is 60.8 Å². The predicted octanol–water partition coefficient (Wildman–Crippen LogP) is 4.06. The Morgan fingerprint density at radius 1 is 1.12 bits per heavy atom. The van der Waals surface area contributed by atoms with Crippen molar-refractivity contribution in [1.82, 2.24) is 9.78 Å². The lowest BCUT2D eigenvalue weighted by molar-refractivity contribution is 0.415. The summed E-state index contributed by atoms with van der Waals surface area (Å²) in [5.74, 6) is 1.48. The summed E-state index contributed by atoms with van der Waals surface area (Å²) in [5, 5.41) is 11.2. The van der Waals surface area contributed by atoms with Gasteiger partial charge in [-0.1, -0.05) is 35.9 Å². The lowest BCUT2D eigenvalue weighted by Crippen LogP contribution is -2.19. The summed E-state index contributed by atoms with van der Waals surface area (Å²) in [4.78, 5) is 0. The molecule has 3 rings (SSSR count). The highest BCUT2D eigenvalue weighted by molar-refractivity contribution is 7.80. The Hall–Kier alpha value is -2.86. The van der Waals surface area contributed by atoms with Crippen LogP contribution in [-0.2, 0) is 6.54 Å². The summed E-state index contributed by atoms with van der Waals surface area (Å²) < 4.78 is 7.08. The lowest BCUT2D eigenvalue weighted by atomic mass is 10.1. The Labute approximate surface area is 152 Å². The van der Waals surface area contributed by atoms with Crippen molar-refractivity contribution in [3.8, 4) is 5.75 Å². The number of hydrogen-bond acceptors (Lipinski definition) is 3. The van der Waals surface area contributed by atoms with Crippen molar-refractivity contribution in [2.75, 3.05) is 17.7 Å². The van der Waals surface area contributed by atoms with Gasteiger partial charge in [-0.3, -0.25) is 4.68 Å². The van der Waals surface area contributed by atoms with Crippen molar-refractivity contribution in [2.24, 2.45) is 0 Å². The molecular weight excluding hydrogens is 332 g/mol. The van der Waals surface area contributed by atoms with Crippen LogP contribution in [0.3, 0.4) is 0 Å². The van der Waals surface area contributed by atoms with Crippen LogP contribution in [-0.4, -0.2) is 22.0 Å². The van der Waals surface area contributed by atoms with Crippen molar-refractivity contribution in [3.05, 3.63) is 71.9 Å². The van der Waals surface area contributed by atoms with Crippen LogP contribution < -0.4 is 15.4 Å². The molecule has 0 saturated heterocycles. The highest BCUT2D eigenvalue weighted by Gasteiger charge is 2.04. The maximum absolute atomic E-state index is 5.34. The second-order valence-corrected chi connectivity index (χ2v) is 6.11. The Morgan fingerprint density at radius 3 is 2.76 bits per heavy atom. The second kappa shape index (κ2) is 7.81. The molecular formula is C19H20N4OS. The first kappa shape index (κ1) is 17.0. The molecule has 6 heteroatoms. The SMILES string of the molecule is COc1cccc(NC(=S)Nc2ccn(Cc3cccc(C)c3)n2)c1. The number of nitrogens with one attached hydrogen (secondary N) is 2. The number of hydrogen-bond donors (Lipinski definition) is 2. The van der Waals surface area contributed by atoms with Gasteiger partial charge < -0.3 is 15.4 Å². The van der Waals surface area contributed by atoms with E-state index in [1.54, 1.807) is 7.11 Å². The fourth-order valence-corrected chi connectivity index (χ4v) is 2.72. The summed E-state index contributed by atoms with van der Waals surface area (Å²) in [6.07, 6.45) is 1.93. The Bertz CT molecular complexity index is 875. The zero-order chi connectivity index (χ0) is 17.6. The molecule has 2 N–H and O–H groups in total. The largest absolute Gasteiger partial charge is 0.497 e. The monoisotopic (exact) mass is 352 g/mol. The lowest BCUT2D eigenvalue weighted by Gasteiger charge is -2.09. The van der Waals surface area contributed by atoms with Gasteiger partial charge in [-0.05, 0) is 36.8 Å². The Balaban J connectivity index is 1.59. The zero-order valence-electron chi connectivity index (χ0n) is 14.2. The molecule has 2 aromatic carbocycles. The minimum Gasteiger partial charge on any atom is -0.497 e. The summed E-state index contributed by atoms with van der Waals surface area (Å²) in [6.45, 7) is 2.81. The molecule has 0 atom stereocenters. The molecule has 0 aliphatic heterocycles. The van der Waals surface area contributed by atoms with Crippen molar-refractivity contribution in [2.45, 2.75) is 13.5 Å². The highest BCUT2D eigenvalue weighted by Crippen LogP contribution is 2.17. The minimum atomic E-state index is 0.481. The Morgan fingerprint density at radius 2 is 1.96 bits per heavy atom. The number of thiocarbonyl (C=S) groups is 1. The highest BCUT2D eigenvalue weighted by atomic mass is 32.1. The summed E-state index contributed by atoms with van der Waals surface area (Å²) in [6, 6.07) is 17.9. The number of anilines is 2.